The van der Waals surface area contributed by atoms with Gasteiger partial charge in [-0.05, 0) is 24.6 Å². The maximum absolute atomic E-state index is 12.2. The number of hydrogen-bond acceptors (Lipinski definition) is 6. The average Bonchev–Trinajstić information content (AvgIpc) is 2.89. The average molecular weight is 373 g/mol. The van der Waals surface area contributed by atoms with Crippen LogP contribution in [0.5, 0.6) is 0 Å². The first-order valence-electron chi connectivity index (χ1n) is 8.25. The maximum Gasteiger partial charge on any atom is 0.338 e. The van der Waals surface area contributed by atoms with Crippen LogP contribution in [0.4, 0.5) is 4.79 Å². The Morgan fingerprint density at radius 1 is 1.19 bits per heavy atom. The number of benzene rings is 1. The quantitative estimate of drug-likeness (QED) is 0.415. The number of carbonyl (C=O) groups is 5. The van der Waals surface area contributed by atoms with Crippen LogP contribution in [-0.4, -0.2) is 54.3 Å². The number of ether oxygens (including phenoxy) is 1. The normalized spacial score (nSPS) is 12.4. The van der Waals surface area contributed by atoms with Gasteiger partial charge in [0.05, 0.1) is 16.7 Å². The van der Waals surface area contributed by atoms with Crippen LogP contribution in [-0.2, 0) is 9.53 Å². The molecule has 0 unspecified atom stereocenters. The van der Waals surface area contributed by atoms with Crippen molar-refractivity contribution in [1.29, 1.82) is 0 Å². The van der Waals surface area contributed by atoms with E-state index in [4.69, 9.17) is 4.74 Å². The molecule has 0 fully saturated rings. The summed E-state index contributed by atoms with van der Waals surface area (Å²) in [5.41, 5.74) is 0.280. The molecule has 0 saturated carbocycles. The van der Waals surface area contributed by atoms with E-state index in [0.29, 0.717) is 13.0 Å². The lowest BCUT2D eigenvalue weighted by Gasteiger charge is -2.09. The van der Waals surface area contributed by atoms with E-state index in [9.17, 15) is 24.0 Å². The third kappa shape index (κ3) is 4.57. The highest BCUT2D eigenvalue weighted by Gasteiger charge is 2.35. The smallest absolute Gasteiger partial charge is 0.338 e. The molecule has 2 rings (SSSR count). The van der Waals surface area contributed by atoms with Crippen molar-refractivity contribution in [3.05, 3.63) is 47.5 Å². The molecule has 1 aliphatic heterocycles. The third-order valence-corrected chi connectivity index (χ3v) is 3.64. The molecule has 5 amide bonds. The van der Waals surface area contributed by atoms with Crippen molar-refractivity contribution in [2.75, 3.05) is 19.7 Å². The van der Waals surface area contributed by atoms with E-state index in [1.54, 1.807) is 0 Å². The number of hydrogen-bond donors (Lipinski definition) is 2. The Morgan fingerprint density at radius 3 is 2.56 bits per heavy atom. The summed E-state index contributed by atoms with van der Waals surface area (Å²) in [6, 6.07) is 3.25. The molecule has 2 N–H and O–H groups in total. The number of imide groups is 2. The fourth-order valence-electron chi connectivity index (χ4n) is 2.37. The molecule has 0 spiro atoms. The number of urea groups is 1. The number of nitrogens with zero attached hydrogens (tertiary/aromatic N) is 1. The van der Waals surface area contributed by atoms with Gasteiger partial charge in [-0.2, -0.15) is 0 Å². The number of esters is 1. The number of amides is 5. The Hall–Kier alpha value is -3.49. The second-order valence-corrected chi connectivity index (χ2v) is 5.65. The molecule has 0 atom stereocenters. The lowest BCUT2D eigenvalue weighted by atomic mass is 10.1. The molecule has 0 bridgehead atoms. The van der Waals surface area contributed by atoms with Gasteiger partial charge < -0.3 is 10.1 Å². The lowest BCUT2D eigenvalue weighted by Crippen LogP contribution is -2.41. The van der Waals surface area contributed by atoms with E-state index in [1.165, 1.54) is 24.3 Å². The molecule has 0 aliphatic carbocycles. The molecule has 0 saturated heterocycles. The van der Waals surface area contributed by atoms with E-state index in [-0.39, 0.29) is 23.2 Å². The molecule has 1 aromatic rings. The molecule has 142 valence electrons. The second-order valence-electron chi connectivity index (χ2n) is 5.65. The van der Waals surface area contributed by atoms with Gasteiger partial charge in [0, 0.05) is 13.1 Å². The van der Waals surface area contributed by atoms with E-state index in [0.717, 1.165) is 4.90 Å². The van der Waals surface area contributed by atoms with Crippen molar-refractivity contribution in [3.63, 3.8) is 0 Å². The molecule has 1 heterocycles. The van der Waals surface area contributed by atoms with E-state index < -0.39 is 36.3 Å². The Morgan fingerprint density at radius 2 is 1.89 bits per heavy atom. The third-order valence-electron chi connectivity index (χ3n) is 3.64. The zero-order chi connectivity index (χ0) is 20.0. The summed E-state index contributed by atoms with van der Waals surface area (Å²) in [5, 5.41) is 4.46. The van der Waals surface area contributed by atoms with Gasteiger partial charge in [-0.1, -0.05) is 13.0 Å². The van der Waals surface area contributed by atoms with Crippen LogP contribution < -0.4 is 10.6 Å². The van der Waals surface area contributed by atoms with Crippen LogP contribution >= 0.6 is 0 Å². The summed E-state index contributed by atoms with van der Waals surface area (Å²) in [7, 11) is 0. The monoisotopic (exact) mass is 373 g/mol. The van der Waals surface area contributed by atoms with Gasteiger partial charge in [0.2, 0.25) is 0 Å². The van der Waals surface area contributed by atoms with Crippen molar-refractivity contribution in [2.24, 2.45) is 0 Å². The SMILES string of the molecule is C=CCN1C(=O)c2ccc(C(=O)OCC(=O)NC(=O)NCCC)cc2C1=O. The Bertz CT molecular complexity index is 817. The summed E-state index contributed by atoms with van der Waals surface area (Å²) in [4.78, 5) is 60.4. The first kappa shape index (κ1) is 19.8. The first-order chi connectivity index (χ1) is 12.9. The Balaban J connectivity index is 1.98. The number of nitrogens with one attached hydrogen (secondary N) is 2. The lowest BCUT2D eigenvalue weighted by molar-refractivity contribution is -0.123. The number of fused-ring (bicyclic) bond motifs is 1. The summed E-state index contributed by atoms with van der Waals surface area (Å²) >= 11 is 0. The van der Waals surface area contributed by atoms with Gasteiger partial charge in [0.1, 0.15) is 0 Å². The molecular formula is C18H19N3O6. The van der Waals surface area contributed by atoms with Gasteiger partial charge in [-0.25, -0.2) is 9.59 Å². The predicted molar refractivity (Wildman–Crippen MR) is 94.1 cm³/mol. The maximum atomic E-state index is 12.2. The van der Waals surface area contributed by atoms with E-state index >= 15 is 0 Å². The first-order valence-corrected chi connectivity index (χ1v) is 8.25. The van der Waals surface area contributed by atoms with Crippen LogP contribution in [0, 0.1) is 0 Å². The highest BCUT2D eigenvalue weighted by Crippen LogP contribution is 2.24. The van der Waals surface area contributed by atoms with Crippen LogP contribution in [0.15, 0.2) is 30.9 Å². The second kappa shape index (κ2) is 8.75. The van der Waals surface area contributed by atoms with E-state index in [1.807, 2.05) is 12.2 Å². The zero-order valence-corrected chi connectivity index (χ0v) is 14.7. The van der Waals surface area contributed by atoms with Gasteiger partial charge in [-0.15, -0.1) is 6.58 Å². The predicted octanol–water partition coefficient (Wildman–Crippen LogP) is 0.861. The fraction of sp³-hybridized carbons (Fsp3) is 0.278. The molecule has 0 aromatic heterocycles. The summed E-state index contributed by atoms with van der Waals surface area (Å²) in [6.45, 7) is 5.16. The molecule has 9 nitrogen and oxygen atoms in total. The summed E-state index contributed by atoms with van der Waals surface area (Å²) in [5.74, 6) is -2.65. The van der Waals surface area contributed by atoms with Crippen LogP contribution in [0.3, 0.4) is 0 Å². The van der Waals surface area contributed by atoms with Crippen molar-refractivity contribution in [2.45, 2.75) is 13.3 Å². The summed E-state index contributed by atoms with van der Waals surface area (Å²) in [6.07, 6.45) is 2.13. The molecular weight excluding hydrogens is 354 g/mol. The largest absolute Gasteiger partial charge is 0.452 e. The van der Waals surface area contributed by atoms with Crippen LogP contribution in [0.1, 0.15) is 44.4 Å². The number of carbonyl (C=O) groups excluding carboxylic acids is 5. The molecule has 27 heavy (non-hydrogen) atoms. The standard InChI is InChI=1S/C18H19N3O6/c1-3-7-19-18(26)20-14(22)10-27-17(25)11-5-6-12-13(9-11)16(24)21(8-4-2)15(12)23/h4-6,9H,2-3,7-8,10H2,1H3,(H2,19,20,22,26). The molecule has 0 radical (unpaired) electrons. The minimum absolute atomic E-state index is 0.0126. The highest BCUT2D eigenvalue weighted by molar-refractivity contribution is 6.22. The van der Waals surface area contributed by atoms with Crippen molar-refractivity contribution < 1.29 is 28.7 Å². The van der Waals surface area contributed by atoms with E-state index in [2.05, 4.69) is 11.9 Å². The van der Waals surface area contributed by atoms with Crippen LogP contribution in [0.2, 0.25) is 0 Å². The summed E-state index contributed by atoms with van der Waals surface area (Å²) < 4.78 is 4.83. The van der Waals surface area contributed by atoms with Gasteiger partial charge >= 0.3 is 12.0 Å². The van der Waals surface area contributed by atoms with Crippen LogP contribution in [0.25, 0.3) is 0 Å². The van der Waals surface area contributed by atoms with Gasteiger partial charge in [0.25, 0.3) is 17.7 Å². The fourth-order valence-corrected chi connectivity index (χ4v) is 2.37. The Labute approximate surface area is 155 Å². The molecule has 1 aliphatic rings. The van der Waals surface area contributed by atoms with Crippen molar-refractivity contribution >= 4 is 29.7 Å². The molecule has 1 aromatic carbocycles. The minimum atomic E-state index is -0.857. The highest BCUT2D eigenvalue weighted by atomic mass is 16.5. The van der Waals surface area contributed by atoms with Gasteiger partial charge in [-0.3, -0.25) is 24.6 Å². The zero-order valence-electron chi connectivity index (χ0n) is 14.7. The Kier molecular flexibility index (Phi) is 6.42. The number of rotatable bonds is 7. The van der Waals surface area contributed by atoms with Crippen molar-refractivity contribution in [3.8, 4) is 0 Å². The molecule has 9 heteroatoms. The van der Waals surface area contributed by atoms with Crippen molar-refractivity contribution in [1.82, 2.24) is 15.5 Å². The van der Waals surface area contributed by atoms with Gasteiger partial charge in [0.15, 0.2) is 6.61 Å². The topological polar surface area (TPSA) is 122 Å². The minimum Gasteiger partial charge on any atom is -0.452 e.